The van der Waals surface area contributed by atoms with Crippen molar-refractivity contribution < 1.29 is 9.15 Å². The van der Waals surface area contributed by atoms with Gasteiger partial charge in [0.25, 0.3) is 5.95 Å². The SMILES string of the molecule is COc1oc2ccccc2c1C. The van der Waals surface area contributed by atoms with Crippen LogP contribution in [-0.4, -0.2) is 7.11 Å². The average molecular weight is 162 g/mol. The van der Waals surface area contributed by atoms with Gasteiger partial charge < -0.3 is 9.15 Å². The summed E-state index contributed by atoms with van der Waals surface area (Å²) in [6.45, 7) is 1.99. The van der Waals surface area contributed by atoms with Gasteiger partial charge in [-0.25, -0.2) is 0 Å². The van der Waals surface area contributed by atoms with Crippen molar-refractivity contribution in [3.05, 3.63) is 29.8 Å². The Morgan fingerprint density at radius 2 is 2.00 bits per heavy atom. The van der Waals surface area contributed by atoms with Crippen LogP contribution in [0.3, 0.4) is 0 Å². The molecule has 0 atom stereocenters. The molecule has 0 bridgehead atoms. The number of hydrogen-bond donors (Lipinski definition) is 0. The fraction of sp³-hybridized carbons (Fsp3) is 0.200. The quantitative estimate of drug-likeness (QED) is 0.643. The molecule has 0 saturated heterocycles. The van der Waals surface area contributed by atoms with E-state index in [1.807, 2.05) is 31.2 Å². The fourth-order valence-corrected chi connectivity index (χ4v) is 1.35. The van der Waals surface area contributed by atoms with Crippen molar-refractivity contribution in [2.45, 2.75) is 6.92 Å². The summed E-state index contributed by atoms with van der Waals surface area (Å²) in [5, 5.41) is 1.12. The predicted octanol–water partition coefficient (Wildman–Crippen LogP) is 2.75. The van der Waals surface area contributed by atoms with Gasteiger partial charge in [0.2, 0.25) is 0 Å². The van der Waals surface area contributed by atoms with Gasteiger partial charge in [0.05, 0.1) is 7.11 Å². The number of aryl methyl sites for hydroxylation is 1. The van der Waals surface area contributed by atoms with Gasteiger partial charge in [0, 0.05) is 10.9 Å². The lowest BCUT2D eigenvalue weighted by molar-refractivity contribution is 0.313. The molecular formula is C10H10O2. The zero-order valence-corrected chi connectivity index (χ0v) is 7.13. The van der Waals surface area contributed by atoms with Crippen molar-refractivity contribution in [1.29, 1.82) is 0 Å². The molecule has 62 valence electrons. The third-order valence-electron chi connectivity index (χ3n) is 1.99. The monoisotopic (exact) mass is 162 g/mol. The molecule has 2 heteroatoms. The molecular weight excluding hydrogens is 152 g/mol. The minimum absolute atomic E-state index is 0.608. The van der Waals surface area contributed by atoms with Crippen LogP contribution in [-0.2, 0) is 0 Å². The maximum atomic E-state index is 5.43. The lowest BCUT2D eigenvalue weighted by Crippen LogP contribution is -1.80. The van der Waals surface area contributed by atoms with Crippen LogP contribution in [0.2, 0.25) is 0 Å². The van der Waals surface area contributed by atoms with Crippen LogP contribution in [0.5, 0.6) is 5.95 Å². The van der Waals surface area contributed by atoms with Gasteiger partial charge in [0.15, 0.2) is 0 Å². The highest BCUT2D eigenvalue weighted by atomic mass is 16.6. The van der Waals surface area contributed by atoms with Gasteiger partial charge in [-0.15, -0.1) is 0 Å². The van der Waals surface area contributed by atoms with Crippen LogP contribution >= 0.6 is 0 Å². The summed E-state index contributed by atoms with van der Waals surface area (Å²) in [5.74, 6) is 0.608. The highest BCUT2D eigenvalue weighted by molar-refractivity contribution is 5.82. The van der Waals surface area contributed by atoms with E-state index in [9.17, 15) is 0 Å². The van der Waals surface area contributed by atoms with E-state index in [2.05, 4.69) is 0 Å². The topological polar surface area (TPSA) is 22.4 Å². The Balaban J connectivity index is 2.78. The highest BCUT2D eigenvalue weighted by Crippen LogP contribution is 2.29. The first-order chi connectivity index (χ1) is 5.83. The van der Waals surface area contributed by atoms with E-state index in [4.69, 9.17) is 9.15 Å². The second-order valence-electron chi connectivity index (χ2n) is 2.71. The highest BCUT2D eigenvalue weighted by Gasteiger charge is 2.08. The minimum Gasteiger partial charge on any atom is -0.468 e. The van der Waals surface area contributed by atoms with E-state index in [0.29, 0.717) is 5.95 Å². The van der Waals surface area contributed by atoms with Crippen LogP contribution in [0.4, 0.5) is 0 Å². The number of methoxy groups -OCH3 is 1. The van der Waals surface area contributed by atoms with Crippen LogP contribution < -0.4 is 4.74 Å². The maximum Gasteiger partial charge on any atom is 0.288 e. The average Bonchev–Trinajstić information content (AvgIpc) is 2.44. The van der Waals surface area contributed by atoms with Crippen LogP contribution in [0.25, 0.3) is 11.0 Å². The Labute approximate surface area is 70.8 Å². The van der Waals surface area contributed by atoms with Crippen LogP contribution in [0, 0.1) is 6.92 Å². The van der Waals surface area contributed by atoms with E-state index < -0.39 is 0 Å². The van der Waals surface area contributed by atoms with Gasteiger partial charge in [-0.2, -0.15) is 0 Å². The number of furan rings is 1. The molecule has 0 spiro atoms. The number of ether oxygens (including phenoxy) is 1. The predicted molar refractivity (Wildman–Crippen MR) is 47.5 cm³/mol. The Bertz CT molecular complexity index is 401. The first-order valence-corrected chi connectivity index (χ1v) is 3.85. The fourth-order valence-electron chi connectivity index (χ4n) is 1.35. The normalized spacial score (nSPS) is 10.5. The molecule has 0 aliphatic heterocycles. The Hall–Kier alpha value is -1.44. The number of benzene rings is 1. The standard InChI is InChI=1S/C10H10O2/c1-7-8-5-3-4-6-9(8)12-10(7)11-2/h3-6H,1-2H3. The van der Waals surface area contributed by atoms with Crippen molar-refractivity contribution in [1.82, 2.24) is 0 Å². The first-order valence-electron chi connectivity index (χ1n) is 3.85. The van der Waals surface area contributed by atoms with Crippen molar-refractivity contribution in [3.63, 3.8) is 0 Å². The van der Waals surface area contributed by atoms with E-state index in [1.165, 1.54) is 0 Å². The van der Waals surface area contributed by atoms with E-state index >= 15 is 0 Å². The molecule has 0 saturated carbocycles. The third kappa shape index (κ3) is 0.881. The molecule has 1 aromatic carbocycles. The maximum absolute atomic E-state index is 5.43. The molecule has 0 amide bonds. The number of fused-ring (bicyclic) bond motifs is 1. The largest absolute Gasteiger partial charge is 0.468 e. The summed E-state index contributed by atoms with van der Waals surface area (Å²) in [6, 6.07) is 7.90. The van der Waals surface area contributed by atoms with E-state index in [-0.39, 0.29) is 0 Å². The van der Waals surface area contributed by atoms with Crippen LogP contribution in [0.15, 0.2) is 28.7 Å². The summed E-state index contributed by atoms with van der Waals surface area (Å²) in [5.41, 5.74) is 1.94. The summed E-state index contributed by atoms with van der Waals surface area (Å²) < 4.78 is 10.5. The van der Waals surface area contributed by atoms with Gasteiger partial charge in [0.1, 0.15) is 5.58 Å². The van der Waals surface area contributed by atoms with Gasteiger partial charge in [-0.3, -0.25) is 0 Å². The zero-order chi connectivity index (χ0) is 8.55. The molecule has 0 aliphatic rings. The Morgan fingerprint density at radius 3 is 2.67 bits per heavy atom. The molecule has 0 unspecified atom stereocenters. The van der Waals surface area contributed by atoms with Gasteiger partial charge in [-0.1, -0.05) is 18.2 Å². The molecule has 0 N–H and O–H groups in total. The molecule has 1 heterocycles. The van der Waals surface area contributed by atoms with Gasteiger partial charge in [-0.05, 0) is 13.0 Å². The van der Waals surface area contributed by atoms with E-state index in [1.54, 1.807) is 7.11 Å². The lowest BCUT2D eigenvalue weighted by Gasteiger charge is -1.91. The summed E-state index contributed by atoms with van der Waals surface area (Å²) in [4.78, 5) is 0. The number of hydrogen-bond acceptors (Lipinski definition) is 2. The molecule has 12 heavy (non-hydrogen) atoms. The second kappa shape index (κ2) is 2.55. The zero-order valence-electron chi connectivity index (χ0n) is 7.13. The van der Waals surface area contributed by atoms with E-state index in [0.717, 1.165) is 16.5 Å². The van der Waals surface area contributed by atoms with Gasteiger partial charge >= 0.3 is 0 Å². The third-order valence-corrected chi connectivity index (χ3v) is 1.99. The lowest BCUT2D eigenvalue weighted by atomic mass is 10.2. The Kier molecular flexibility index (Phi) is 1.54. The molecule has 0 radical (unpaired) electrons. The molecule has 2 rings (SSSR count). The summed E-state index contributed by atoms with van der Waals surface area (Å²) in [7, 11) is 1.62. The summed E-state index contributed by atoms with van der Waals surface area (Å²) >= 11 is 0. The van der Waals surface area contributed by atoms with Crippen molar-refractivity contribution in [3.8, 4) is 5.95 Å². The number of rotatable bonds is 1. The first kappa shape index (κ1) is 7.22. The molecule has 1 aromatic heterocycles. The molecule has 0 fully saturated rings. The van der Waals surface area contributed by atoms with Crippen molar-refractivity contribution >= 4 is 11.0 Å². The molecule has 0 aliphatic carbocycles. The van der Waals surface area contributed by atoms with Crippen molar-refractivity contribution in [2.24, 2.45) is 0 Å². The molecule has 2 aromatic rings. The minimum atomic E-state index is 0.608. The Morgan fingerprint density at radius 1 is 1.25 bits per heavy atom. The second-order valence-corrected chi connectivity index (χ2v) is 2.71. The van der Waals surface area contributed by atoms with Crippen LogP contribution in [0.1, 0.15) is 5.56 Å². The summed E-state index contributed by atoms with van der Waals surface area (Å²) in [6.07, 6.45) is 0. The van der Waals surface area contributed by atoms with Crippen molar-refractivity contribution in [2.75, 3.05) is 7.11 Å². The smallest absolute Gasteiger partial charge is 0.288 e. The number of para-hydroxylation sites is 1. The molecule has 2 nitrogen and oxygen atoms in total.